The summed E-state index contributed by atoms with van der Waals surface area (Å²) in [7, 11) is 0. The van der Waals surface area contributed by atoms with Gasteiger partial charge in [-0.2, -0.15) is 5.21 Å². The molecule has 0 aliphatic heterocycles. The average molecular weight is 559 g/mol. The fourth-order valence-electron chi connectivity index (χ4n) is 5.33. The van der Waals surface area contributed by atoms with Crippen LogP contribution in [0.2, 0.25) is 5.02 Å². The van der Waals surface area contributed by atoms with Gasteiger partial charge in [0.05, 0.1) is 5.02 Å². The van der Waals surface area contributed by atoms with Gasteiger partial charge in [0.2, 0.25) is 17.6 Å². The third-order valence-corrected chi connectivity index (χ3v) is 7.92. The van der Waals surface area contributed by atoms with E-state index >= 15 is 0 Å². The molecule has 1 atom stereocenters. The molecule has 206 valence electrons. The number of nitrogens with two attached hydrogens (primary N) is 2. The number of carbonyl (C=O) groups excluding carboxylic acids is 2. The smallest absolute Gasteiger partial charge is 0.240 e. The summed E-state index contributed by atoms with van der Waals surface area (Å²) < 4.78 is 0. The molecule has 2 amide bonds. The molecule has 5 rings (SSSR count). The molecule has 0 unspecified atom stereocenters. The number of anilines is 1. The van der Waals surface area contributed by atoms with E-state index in [-0.39, 0.29) is 18.2 Å². The number of carbonyl (C=O) groups is 2. The lowest BCUT2D eigenvalue weighted by Crippen LogP contribution is -2.52. The first-order chi connectivity index (χ1) is 19.4. The van der Waals surface area contributed by atoms with Gasteiger partial charge in [0, 0.05) is 41.5 Å². The minimum absolute atomic E-state index is 0.105. The van der Waals surface area contributed by atoms with Gasteiger partial charge < -0.3 is 11.5 Å². The number of nitrogens with one attached hydrogen (secondary N) is 1. The summed E-state index contributed by atoms with van der Waals surface area (Å²) in [5.41, 5.74) is 15.8. The zero-order chi connectivity index (χ0) is 28.1. The minimum atomic E-state index is -0.883. The standard InChI is InChI=1S/C29H31ClN8O2/c30-25-17-33-14-13-24(25)20-5-1-18(2-6-20)15-26(27(32)39)38(29(40)22-7-3-19(16-31)4-8-22)23-11-9-21(10-12-23)28-34-36-37-35-28/h1-2,5-6,9-14,17,19,22,26H,3-4,7-8,15-16,31H2,(H2,32,39)(H,34,35,36,37)/t19?,22?,26-/m0/s1. The number of hydrogen-bond donors (Lipinski definition) is 3. The Morgan fingerprint density at radius 2 is 1.70 bits per heavy atom. The van der Waals surface area contributed by atoms with Crippen molar-refractivity contribution in [2.24, 2.45) is 23.3 Å². The van der Waals surface area contributed by atoms with Crippen molar-refractivity contribution < 1.29 is 9.59 Å². The molecule has 40 heavy (non-hydrogen) atoms. The number of amides is 2. The number of nitrogens with zero attached hydrogens (tertiary/aromatic N) is 5. The monoisotopic (exact) mass is 558 g/mol. The van der Waals surface area contributed by atoms with Gasteiger partial charge in [-0.05, 0) is 84.8 Å². The van der Waals surface area contributed by atoms with Crippen LogP contribution >= 0.6 is 11.6 Å². The summed E-state index contributed by atoms with van der Waals surface area (Å²) >= 11 is 6.32. The van der Waals surface area contributed by atoms with Crippen LogP contribution in [0.5, 0.6) is 0 Å². The Morgan fingerprint density at radius 3 is 2.30 bits per heavy atom. The van der Waals surface area contributed by atoms with Crippen molar-refractivity contribution in [3.8, 4) is 22.5 Å². The predicted molar refractivity (Wildman–Crippen MR) is 153 cm³/mol. The lowest BCUT2D eigenvalue weighted by Gasteiger charge is -2.35. The summed E-state index contributed by atoms with van der Waals surface area (Å²) in [5.74, 6) is -0.0338. The second kappa shape index (κ2) is 12.4. The minimum Gasteiger partial charge on any atom is -0.368 e. The number of benzene rings is 2. The molecule has 1 fully saturated rings. The summed E-state index contributed by atoms with van der Waals surface area (Å²) in [6.45, 7) is 0.618. The van der Waals surface area contributed by atoms with E-state index in [1.807, 2.05) is 30.3 Å². The number of pyridine rings is 1. The van der Waals surface area contributed by atoms with Crippen LogP contribution in [0.15, 0.2) is 67.0 Å². The van der Waals surface area contributed by atoms with Crippen LogP contribution < -0.4 is 16.4 Å². The molecule has 2 aromatic carbocycles. The molecule has 0 spiro atoms. The summed E-state index contributed by atoms with van der Waals surface area (Å²) in [6.07, 6.45) is 6.77. The maximum Gasteiger partial charge on any atom is 0.240 e. The van der Waals surface area contributed by atoms with Gasteiger partial charge in [0.15, 0.2) is 0 Å². The molecule has 0 saturated heterocycles. The molecule has 0 bridgehead atoms. The Morgan fingerprint density at radius 1 is 1.00 bits per heavy atom. The third kappa shape index (κ3) is 6.03. The number of primary amides is 1. The quantitative estimate of drug-likeness (QED) is 0.282. The molecule has 2 aromatic heterocycles. The average Bonchev–Trinajstić information content (AvgIpc) is 3.53. The first-order valence-corrected chi connectivity index (χ1v) is 13.7. The van der Waals surface area contributed by atoms with Crippen molar-refractivity contribution >= 4 is 29.1 Å². The second-order valence-corrected chi connectivity index (χ2v) is 10.5. The SMILES string of the molecule is NCC1CCC(C(=O)N(c2ccc(-c3nn[nH]n3)cc2)[C@@H](Cc2ccc(-c3ccncc3Cl)cc2)C(N)=O)CC1. The molecule has 10 nitrogen and oxygen atoms in total. The van der Waals surface area contributed by atoms with Gasteiger partial charge in [-0.25, -0.2) is 0 Å². The fraction of sp³-hybridized carbons (Fsp3) is 0.310. The van der Waals surface area contributed by atoms with Crippen LogP contribution in [-0.2, 0) is 16.0 Å². The van der Waals surface area contributed by atoms with Crippen molar-refractivity contribution in [2.75, 3.05) is 11.4 Å². The molecule has 1 aliphatic rings. The lowest BCUT2D eigenvalue weighted by molar-refractivity contribution is -0.127. The van der Waals surface area contributed by atoms with Crippen LogP contribution in [0.1, 0.15) is 31.2 Å². The highest BCUT2D eigenvalue weighted by Crippen LogP contribution is 2.33. The Bertz CT molecular complexity index is 1440. The van der Waals surface area contributed by atoms with Gasteiger partial charge >= 0.3 is 0 Å². The number of tetrazole rings is 1. The Hall–Kier alpha value is -4.15. The molecular formula is C29H31ClN8O2. The van der Waals surface area contributed by atoms with Gasteiger partial charge in [-0.3, -0.25) is 19.5 Å². The van der Waals surface area contributed by atoms with Crippen LogP contribution in [0.25, 0.3) is 22.5 Å². The van der Waals surface area contributed by atoms with Crippen LogP contribution in [0.3, 0.4) is 0 Å². The van der Waals surface area contributed by atoms with Gasteiger partial charge in [-0.15, -0.1) is 10.2 Å². The molecular weight excluding hydrogens is 528 g/mol. The highest BCUT2D eigenvalue weighted by molar-refractivity contribution is 6.33. The number of rotatable bonds is 9. The van der Waals surface area contributed by atoms with E-state index in [1.54, 1.807) is 41.6 Å². The zero-order valence-electron chi connectivity index (χ0n) is 21.9. The van der Waals surface area contributed by atoms with Gasteiger partial charge in [-0.1, -0.05) is 35.9 Å². The molecule has 1 saturated carbocycles. The highest BCUT2D eigenvalue weighted by atomic mass is 35.5. The molecule has 0 radical (unpaired) electrons. The third-order valence-electron chi connectivity index (χ3n) is 7.62. The number of H-pyrrole nitrogens is 1. The summed E-state index contributed by atoms with van der Waals surface area (Å²) in [4.78, 5) is 32.6. The molecule has 1 aliphatic carbocycles. The Balaban J connectivity index is 1.44. The van der Waals surface area contributed by atoms with Crippen molar-refractivity contribution in [2.45, 2.75) is 38.1 Å². The maximum absolute atomic E-state index is 14.0. The second-order valence-electron chi connectivity index (χ2n) is 10.1. The van der Waals surface area contributed by atoms with Crippen molar-refractivity contribution in [3.05, 3.63) is 77.6 Å². The molecule has 2 heterocycles. The van der Waals surface area contributed by atoms with Crippen molar-refractivity contribution in [1.29, 1.82) is 0 Å². The van der Waals surface area contributed by atoms with E-state index in [1.165, 1.54) is 0 Å². The maximum atomic E-state index is 14.0. The van der Waals surface area contributed by atoms with E-state index in [0.717, 1.165) is 47.9 Å². The van der Waals surface area contributed by atoms with Crippen LogP contribution in [-0.4, -0.2) is 50.0 Å². The summed E-state index contributed by atoms with van der Waals surface area (Å²) in [6, 6.07) is 15.9. The Labute approximate surface area is 237 Å². The molecule has 11 heteroatoms. The normalized spacial score (nSPS) is 17.8. The first-order valence-electron chi connectivity index (χ1n) is 13.3. The van der Waals surface area contributed by atoms with Crippen molar-refractivity contribution in [3.63, 3.8) is 0 Å². The zero-order valence-corrected chi connectivity index (χ0v) is 22.7. The van der Waals surface area contributed by atoms with Crippen molar-refractivity contribution in [1.82, 2.24) is 25.6 Å². The summed E-state index contributed by atoms with van der Waals surface area (Å²) in [5, 5.41) is 14.6. The highest BCUT2D eigenvalue weighted by Gasteiger charge is 2.36. The molecule has 5 N–H and O–H groups in total. The predicted octanol–water partition coefficient (Wildman–Crippen LogP) is 3.78. The topological polar surface area (TPSA) is 157 Å². The van der Waals surface area contributed by atoms with Crippen LogP contribution in [0.4, 0.5) is 5.69 Å². The first kappa shape index (κ1) is 27.4. The van der Waals surface area contributed by atoms with E-state index < -0.39 is 11.9 Å². The fourth-order valence-corrected chi connectivity index (χ4v) is 5.56. The Kier molecular flexibility index (Phi) is 8.47. The van der Waals surface area contributed by atoms with E-state index in [9.17, 15) is 9.59 Å². The number of halogens is 1. The van der Waals surface area contributed by atoms with E-state index in [4.69, 9.17) is 23.1 Å². The number of aromatic amines is 1. The lowest BCUT2D eigenvalue weighted by atomic mass is 9.81. The number of aromatic nitrogens is 5. The van der Waals surface area contributed by atoms with Gasteiger partial charge in [0.25, 0.3) is 0 Å². The van der Waals surface area contributed by atoms with E-state index in [2.05, 4.69) is 25.6 Å². The van der Waals surface area contributed by atoms with Gasteiger partial charge in [0.1, 0.15) is 6.04 Å². The molecule has 4 aromatic rings. The van der Waals surface area contributed by atoms with E-state index in [0.29, 0.717) is 29.0 Å². The largest absolute Gasteiger partial charge is 0.368 e. The van der Waals surface area contributed by atoms with Crippen LogP contribution in [0, 0.1) is 11.8 Å². The number of hydrogen-bond acceptors (Lipinski definition) is 7.